The maximum Gasteiger partial charge on any atom is 0.260 e. The van der Waals surface area contributed by atoms with Crippen molar-refractivity contribution in [3.8, 4) is 0 Å². The molecule has 5 heteroatoms. The maximum atomic E-state index is 12.0. The van der Waals surface area contributed by atoms with Gasteiger partial charge in [0.1, 0.15) is 0 Å². The molecule has 1 fully saturated rings. The molecule has 1 aliphatic heterocycles. The highest BCUT2D eigenvalue weighted by atomic mass is 28.4. The summed E-state index contributed by atoms with van der Waals surface area (Å²) in [4.78, 5) is 24.0. The van der Waals surface area contributed by atoms with Gasteiger partial charge in [0.25, 0.3) is 11.8 Å². The lowest BCUT2D eigenvalue weighted by atomic mass is 9.86. The van der Waals surface area contributed by atoms with Gasteiger partial charge in [0, 0.05) is 0 Å². The van der Waals surface area contributed by atoms with Gasteiger partial charge in [-0.25, -0.2) is 0 Å². The molecule has 1 aliphatic carbocycles. The van der Waals surface area contributed by atoms with Crippen molar-refractivity contribution in [2.24, 2.45) is 11.8 Å². The van der Waals surface area contributed by atoms with Crippen LogP contribution in [0.5, 0.6) is 0 Å². The van der Waals surface area contributed by atoms with Gasteiger partial charge in [0.15, 0.2) is 0 Å². The van der Waals surface area contributed by atoms with Crippen LogP contribution in [0.15, 0.2) is 12.2 Å². The van der Waals surface area contributed by atoms with Crippen molar-refractivity contribution in [3.63, 3.8) is 0 Å². The molecule has 0 saturated carbocycles. The Morgan fingerprint density at radius 3 is 2.56 bits per heavy atom. The molecule has 0 N–H and O–H groups in total. The fourth-order valence-electron chi connectivity index (χ4n) is 2.12. The summed E-state index contributed by atoms with van der Waals surface area (Å²) < 4.78 is 5.55. The number of hydrogen-bond acceptors (Lipinski definition) is 3. The molecule has 1 heterocycles. The first-order chi connectivity index (χ1) is 7.40. The van der Waals surface area contributed by atoms with Gasteiger partial charge in [-0.2, -0.15) is 5.06 Å². The Labute approximate surface area is 96.3 Å². The predicted molar refractivity (Wildman–Crippen MR) is 61.6 cm³/mol. The number of carbonyl (C=O) groups excluding carboxylic acids is 2. The molecule has 4 nitrogen and oxygen atoms in total. The molecule has 2 rings (SSSR count). The third kappa shape index (κ3) is 1.97. The van der Waals surface area contributed by atoms with Crippen molar-refractivity contribution >= 4 is 20.1 Å². The van der Waals surface area contributed by atoms with E-state index >= 15 is 0 Å². The second-order valence-electron chi connectivity index (χ2n) is 5.31. The number of amides is 2. The molecule has 0 aromatic carbocycles. The summed E-state index contributed by atoms with van der Waals surface area (Å²) in [6.07, 6.45) is 5.46. The van der Waals surface area contributed by atoms with Crippen LogP contribution in [-0.4, -0.2) is 25.2 Å². The van der Waals surface area contributed by atoms with E-state index in [0.717, 1.165) is 17.9 Å². The molecule has 0 radical (unpaired) electrons. The van der Waals surface area contributed by atoms with E-state index in [2.05, 4.69) is 0 Å². The zero-order chi connectivity index (χ0) is 11.9. The molecule has 1 saturated heterocycles. The van der Waals surface area contributed by atoms with Crippen molar-refractivity contribution in [3.05, 3.63) is 12.2 Å². The Morgan fingerprint density at radius 2 is 2.00 bits per heavy atom. The first-order valence-corrected chi connectivity index (χ1v) is 9.04. The maximum absolute atomic E-state index is 12.0. The lowest BCUT2D eigenvalue weighted by molar-refractivity contribution is -0.168. The number of imide groups is 1. The van der Waals surface area contributed by atoms with Gasteiger partial charge in [-0.3, -0.25) is 9.59 Å². The van der Waals surface area contributed by atoms with Crippen LogP contribution in [0, 0.1) is 11.8 Å². The van der Waals surface area contributed by atoms with Crippen LogP contribution in [-0.2, 0) is 14.1 Å². The minimum Gasteiger partial charge on any atom is -0.311 e. The molecular weight excluding hydrogens is 222 g/mol. The molecule has 0 bridgehead atoms. The summed E-state index contributed by atoms with van der Waals surface area (Å²) in [6, 6.07) is 0. The van der Waals surface area contributed by atoms with Gasteiger partial charge in [0.2, 0.25) is 8.32 Å². The average Bonchev–Trinajstić information content (AvgIpc) is 2.43. The third-order valence-corrected chi connectivity index (χ3v) is 3.52. The Morgan fingerprint density at radius 1 is 1.31 bits per heavy atom. The van der Waals surface area contributed by atoms with Crippen molar-refractivity contribution in [1.29, 1.82) is 0 Å². The highest BCUT2D eigenvalue weighted by Crippen LogP contribution is 2.35. The quantitative estimate of drug-likeness (QED) is 0.418. The predicted octanol–water partition coefficient (Wildman–Crippen LogP) is 1.70. The van der Waals surface area contributed by atoms with Crippen LogP contribution in [0.3, 0.4) is 0 Å². The number of fused-ring (bicyclic) bond motifs is 1. The minimum absolute atomic E-state index is 0.151. The highest BCUT2D eigenvalue weighted by Gasteiger charge is 2.48. The van der Waals surface area contributed by atoms with Gasteiger partial charge in [-0.15, -0.1) is 0 Å². The van der Waals surface area contributed by atoms with Crippen molar-refractivity contribution in [2.75, 3.05) is 0 Å². The second kappa shape index (κ2) is 3.82. The molecule has 0 aromatic heterocycles. The van der Waals surface area contributed by atoms with E-state index in [1.807, 2.05) is 31.8 Å². The van der Waals surface area contributed by atoms with Gasteiger partial charge >= 0.3 is 0 Å². The smallest absolute Gasteiger partial charge is 0.260 e. The van der Waals surface area contributed by atoms with E-state index in [9.17, 15) is 9.59 Å². The average molecular weight is 239 g/mol. The monoisotopic (exact) mass is 239 g/mol. The van der Waals surface area contributed by atoms with Crippen LogP contribution in [0.2, 0.25) is 19.6 Å². The SMILES string of the molecule is C[Si](C)(C)ON1C(=O)C2C=CCCC2C1=O. The van der Waals surface area contributed by atoms with Crippen LogP contribution in [0.4, 0.5) is 0 Å². The van der Waals surface area contributed by atoms with E-state index in [4.69, 9.17) is 4.53 Å². The summed E-state index contributed by atoms with van der Waals surface area (Å²) in [5, 5.41) is 1.03. The molecule has 0 aromatic rings. The van der Waals surface area contributed by atoms with Crippen molar-refractivity contribution < 1.29 is 14.1 Å². The Kier molecular flexibility index (Phi) is 2.75. The fourth-order valence-corrected chi connectivity index (χ4v) is 2.85. The first kappa shape index (κ1) is 11.5. The summed E-state index contributed by atoms with van der Waals surface area (Å²) >= 11 is 0. The van der Waals surface area contributed by atoms with Gasteiger partial charge in [0.05, 0.1) is 11.8 Å². The van der Waals surface area contributed by atoms with Crippen LogP contribution < -0.4 is 0 Å². The number of hydrogen-bond donors (Lipinski definition) is 0. The Hall–Kier alpha value is -0.943. The van der Waals surface area contributed by atoms with Crippen LogP contribution in [0.25, 0.3) is 0 Å². The Balaban J connectivity index is 2.20. The normalized spacial score (nSPS) is 29.8. The van der Waals surface area contributed by atoms with Gasteiger partial charge in [-0.05, 0) is 32.5 Å². The molecule has 2 aliphatic rings. The standard InChI is InChI=1S/C11H17NO3Si/c1-16(2,3)15-12-10(13)8-6-4-5-7-9(8)11(12)14/h4,6,8-9H,5,7H2,1-3H3. The van der Waals surface area contributed by atoms with E-state index in [0.29, 0.717) is 0 Å². The van der Waals surface area contributed by atoms with E-state index in [1.165, 1.54) is 0 Å². The highest BCUT2D eigenvalue weighted by molar-refractivity contribution is 6.69. The number of carbonyl (C=O) groups is 2. The third-order valence-electron chi connectivity index (χ3n) is 2.79. The number of hydroxylamine groups is 2. The number of rotatable bonds is 2. The van der Waals surface area contributed by atoms with Crippen molar-refractivity contribution in [1.82, 2.24) is 5.06 Å². The molecule has 2 atom stereocenters. The first-order valence-electron chi connectivity index (χ1n) is 5.64. The lowest BCUT2D eigenvalue weighted by Gasteiger charge is -2.23. The zero-order valence-corrected chi connectivity index (χ0v) is 10.9. The molecule has 88 valence electrons. The van der Waals surface area contributed by atoms with Gasteiger partial charge in [-0.1, -0.05) is 12.2 Å². The largest absolute Gasteiger partial charge is 0.311 e. The van der Waals surface area contributed by atoms with E-state index in [-0.39, 0.29) is 23.7 Å². The molecular formula is C11H17NO3Si. The molecule has 0 spiro atoms. The molecule has 2 amide bonds. The van der Waals surface area contributed by atoms with E-state index < -0.39 is 8.32 Å². The minimum atomic E-state index is -1.91. The van der Waals surface area contributed by atoms with Crippen molar-refractivity contribution in [2.45, 2.75) is 32.5 Å². The summed E-state index contributed by atoms with van der Waals surface area (Å²) in [6.45, 7) is 5.89. The summed E-state index contributed by atoms with van der Waals surface area (Å²) in [5.74, 6) is -0.804. The fraction of sp³-hybridized carbons (Fsp3) is 0.636. The Bertz CT molecular complexity index is 359. The van der Waals surface area contributed by atoms with Crippen LogP contribution >= 0.6 is 0 Å². The van der Waals surface area contributed by atoms with Crippen LogP contribution in [0.1, 0.15) is 12.8 Å². The summed E-state index contributed by atoms with van der Waals surface area (Å²) in [5.41, 5.74) is 0. The zero-order valence-electron chi connectivity index (χ0n) is 9.90. The number of nitrogens with zero attached hydrogens (tertiary/aromatic N) is 1. The molecule has 16 heavy (non-hydrogen) atoms. The second-order valence-corrected chi connectivity index (χ2v) is 9.72. The lowest BCUT2D eigenvalue weighted by Crippen LogP contribution is -2.41. The number of allylic oxidation sites excluding steroid dienone is 1. The topological polar surface area (TPSA) is 46.6 Å². The van der Waals surface area contributed by atoms with Gasteiger partial charge < -0.3 is 4.53 Å². The summed E-state index contributed by atoms with van der Waals surface area (Å²) in [7, 11) is -1.91. The van der Waals surface area contributed by atoms with E-state index in [1.54, 1.807) is 0 Å². The molecule has 2 unspecified atom stereocenters.